The second kappa shape index (κ2) is 7.81. The molecule has 0 saturated carbocycles. The van der Waals surface area contributed by atoms with Gasteiger partial charge in [-0.2, -0.15) is 0 Å². The number of carbonyl (C=O) groups is 4. The Morgan fingerprint density at radius 3 is 2.58 bits per heavy atom. The average Bonchev–Trinajstić information content (AvgIpc) is 3.36. The monoisotopic (exact) mass is 440 g/mol. The number of nitrogens with zero attached hydrogens (tertiary/aromatic N) is 1. The van der Waals surface area contributed by atoms with Gasteiger partial charge in [0.1, 0.15) is 17.1 Å². The zero-order valence-corrected chi connectivity index (χ0v) is 18.2. The SMILES string of the molecule is CCC1(c2ccc(C)cc2)NC(=O)N(CC(=O)Nc2sc3c(c2C(N)=O)CCC3)C1=O. The maximum absolute atomic E-state index is 13.2. The number of fused-ring (bicyclic) bond motifs is 1. The first-order chi connectivity index (χ1) is 14.8. The lowest BCUT2D eigenvalue weighted by atomic mass is 9.87. The van der Waals surface area contributed by atoms with E-state index in [0.29, 0.717) is 22.5 Å². The molecule has 4 rings (SSSR count). The van der Waals surface area contributed by atoms with Gasteiger partial charge in [-0.15, -0.1) is 11.3 Å². The summed E-state index contributed by atoms with van der Waals surface area (Å²) in [6, 6.07) is 6.76. The van der Waals surface area contributed by atoms with Crippen LogP contribution in [0.5, 0.6) is 0 Å². The number of imide groups is 1. The van der Waals surface area contributed by atoms with Gasteiger partial charge in [-0.3, -0.25) is 19.3 Å². The summed E-state index contributed by atoms with van der Waals surface area (Å²) in [5.41, 5.74) is 7.28. The predicted octanol–water partition coefficient (Wildman–Crippen LogP) is 2.44. The van der Waals surface area contributed by atoms with Gasteiger partial charge in [0.15, 0.2) is 0 Å². The number of aryl methyl sites for hydroxylation is 2. The number of rotatable bonds is 6. The molecular formula is C22H24N4O4S. The molecule has 0 spiro atoms. The first kappa shape index (κ1) is 21.0. The van der Waals surface area contributed by atoms with Gasteiger partial charge >= 0.3 is 6.03 Å². The van der Waals surface area contributed by atoms with Crippen molar-refractivity contribution in [3.63, 3.8) is 0 Å². The first-order valence-corrected chi connectivity index (χ1v) is 11.0. The summed E-state index contributed by atoms with van der Waals surface area (Å²) in [4.78, 5) is 52.4. The molecule has 31 heavy (non-hydrogen) atoms. The van der Waals surface area contributed by atoms with Crippen molar-refractivity contribution in [2.45, 2.75) is 45.1 Å². The normalized spacial score (nSPS) is 20.0. The van der Waals surface area contributed by atoms with Gasteiger partial charge in [0, 0.05) is 4.88 Å². The van der Waals surface area contributed by atoms with Crippen LogP contribution in [0.4, 0.5) is 9.80 Å². The number of benzene rings is 1. The Hall–Kier alpha value is -3.20. The minimum Gasteiger partial charge on any atom is -0.365 e. The Kier molecular flexibility index (Phi) is 5.30. The summed E-state index contributed by atoms with van der Waals surface area (Å²) in [6.07, 6.45) is 2.90. The Balaban J connectivity index is 1.54. The van der Waals surface area contributed by atoms with Crippen LogP contribution in [0.25, 0.3) is 0 Å². The Bertz CT molecular complexity index is 1090. The fourth-order valence-corrected chi connectivity index (χ4v) is 5.62. The zero-order chi connectivity index (χ0) is 22.3. The molecule has 9 heteroatoms. The third-order valence-corrected chi connectivity index (χ3v) is 7.18. The van der Waals surface area contributed by atoms with Gasteiger partial charge in [0.2, 0.25) is 5.91 Å². The van der Waals surface area contributed by atoms with Crippen molar-refractivity contribution >= 4 is 40.1 Å². The van der Waals surface area contributed by atoms with Crippen LogP contribution in [-0.4, -0.2) is 35.2 Å². The van der Waals surface area contributed by atoms with Crippen molar-refractivity contribution in [2.75, 3.05) is 11.9 Å². The quantitative estimate of drug-likeness (QED) is 0.597. The Morgan fingerprint density at radius 2 is 1.94 bits per heavy atom. The summed E-state index contributed by atoms with van der Waals surface area (Å²) >= 11 is 1.33. The highest BCUT2D eigenvalue weighted by Crippen LogP contribution is 2.39. The van der Waals surface area contributed by atoms with Crippen LogP contribution in [0.3, 0.4) is 0 Å². The zero-order valence-electron chi connectivity index (χ0n) is 17.4. The highest BCUT2D eigenvalue weighted by atomic mass is 32.1. The number of thiophene rings is 1. The van der Waals surface area contributed by atoms with Crippen LogP contribution in [-0.2, 0) is 28.0 Å². The molecule has 162 valence electrons. The molecule has 1 aromatic heterocycles. The van der Waals surface area contributed by atoms with E-state index in [1.165, 1.54) is 11.3 Å². The second-order valence-corrected chi connectivity index (χ2v) is 9.03. The minimum absolute atomic E-state index is 0.339. The third kappa shape index (κ3) is 3.48. The van der Waals surface area contributed by atoms with Crippen LogP contribution in [0.2, 0.25) is 0 Å². The van der Waals surface area contributed by atoms with E-state index in [2.05, 4.69) is 10.6 Å². The molecule has 5 amide bonds. The topological polar surface area (TPSA) is 122 Å². The molecule has 1 atom stereocenters. The summed E-state index contributed by atoms with van der Waals surface area (Å²) in [5, 5.41) is 5.84. The van der Waals surface area contributed by atoms with E-state index >= 15 is 0 Å². The molecule has 1 saturated heterocycles. The minimum atomic E-state index is -1.20. The maximum Gasteiger partial charge on any atom is 0.325 e. The van der Waals surface area contributed by atoms with Crippen LogP contribution in [0, 0.1) is 6.92 Å². The van der Waals surface area contributed by atoms with Crippen molar-refractivity contribution in [1.29, 1.82) is 0 Å². The number of anilines is 1. The second-order valence-electron chi connectivity index (χ2n) is 7.92. The molecule has 0 bridgehead atoms. The van der Waals surface area contributed by atoms with Crippen LogP contribution in [0.1, 0.15) is 51.7 Å². The molecule has 2 heterocycles. The Morgan fingerprint density at radius 1 is 1.23 bits per heavy atom. The van der Waals surface area contributed by atoms with E-state index in [1.807, 2.05) is 38.1 Å². The van der Waals surface area contributed by atoms with Crippen LogP contribution in [0.15, 0.2) is 24.3 Å². The molecule has 1 aliphatic carbocycles. The third-order valence-electron chi connectivity index (χ3n) is 5.97. The van der Waals surface area contributed by atoms with E-state index in [0.717, 1.165) is 40.2 Å². The van der Waals surface area contributed by atoms with Crippen molar-refractivity contribution < 1.29 is 19.2 Å². The highest BCUT2D eigenvalue weighted by molar-refractivity contribution is 7.17. The van der Waals surface area contributed by atoms with Gasteiger partial charge in [-0.1, -0.05) is 36.8 Å². The molecule has 2 aliphatic rings. The summed E-state index contributed by atoms with van der Waals surface area (Å²) in [5.74, 6) is -1.61. The molecule has 1 unspecified atom stereocenters. The molecule has 1 aliphatic heterocycles. The van der Waals surface area contributed by atoms with E-state index < -0.39 is 35.8 Å². The number of amides is 5. The number of hydrogen-bond acceptors (Lipinski definition) is 5. The molecule has 0 radical (unpaired) electrons. The fraction of sp³-hybridized carbons (Fsp3) is 0.364. The number of nitrogens with two attached hydrogens (primary N) is 1. The van der Waals surface area contributed by atoms with Crippen molar-refractivity contribution in [3.05, 3.63) is 51.4 Å². The number of urea groups is 1. The lowest BCUT2D eigenvalue weighted by molar-refractivity contribution is -0.134. The van der Waals surface area contributed by atoms with E-state index in [-0.39, 0.29) is 0 Å². The molecular weight excluding hydrogens is 416 g/mol. The maximum atomic E-state index is 13.2. The van der Waals surface area contributed by atoms with Gasteiger partial charge in [0.25, 0.3) is 11.8 Å². The molecule has 8 nitrogen and oxygen atoms in total. The molecule has 4 N–H and O–H groups in total. The van der Waals surface area contributed by atoms with E-state index in [1.54, 1.807) is 0 Å². The summed E-state index contributed by atoms with van der Waals surface area (Å²) < 4.78 is 0. The Labute approximate surface area is 183 Å². The lowest BCUT2D eigenvalue weighted by Crippen LogP contribution is -2.44. The molecule has 1 fully saturated rings. The molecule has 1 aromatic carbocycles. The number of hydrogen-bond donors (Lipinski definition) is 3. The highest BCUT2D eigenvalue weighted by Gasteiger charge is 2.51. The van der Waals surface area contributed by atoms with Gasteiger partial charge in [0.05, 0.1) is 5.56 Å². The number of primary amides is 1. The van der Waals surface area contributed by atoms with E-state index in [4.69, 9.17) is 5.73 Å². The predicted molar refractivity (Wildman–Crippen MR) is 117 cm³/mol. The summed E-state index contributed by atoms with van der Waals surface area (Å²) in [6.45, 7) is 3.31. The summed E-state index contributed by atoms with van der Waals surface area (Å²) in [7, 11) is 0. The standard InChI is InChI=1S/C22H24N4O4S/c1-3-22(13-9-7-12(2)8-10-13)20(29)26(21(30)25-22)11-16(27)24-19-17(18(23)28)14-5-4-6-15(14)31-19/h7-10H,3-6,11H2,1-2H3,(H2,23,28)(H,24,27)(H,25,30). The number of nitrogens with one attached hydrogen (secondary N) is 2. The fourth-order valence-electron chi connectivity index (χ4n) is 4.31. The van der Waals surface area contributed by atoms with Crippen LogP contribution >= 0.6 is 11.3 Å². The lowest BCUT2D eigenvalue weighted by Gasteiger charge is -2.25. The smallest absolute Gasteiger partial charge is 0.325 e. The van der Waals surface area contributed by atoms with E-state index in [9.17, 15) is 19.2 Å². The van der Waals surface area contributed by atoms with Crippen molar-refractivity contribution in [2.24, 2.45) is 5.73 Å². The van der Waals surface area contributed by atoms with Gasteiger partial charge < -0.3 is 16.4 Å². The van der Waals surface area contributed by atoms with Gasteiger partial charge in [-0.05, 0) is 43.7 Å². The average molecular weight is 441 g/mol. The van der Waals surface area contributed by atoms with Crippen LogP contribution < -0.4 is 16.4 Å². The largest absolute Gasteiger partial charge is 0.365 e. The van der Waals surface area contributed by atoms with Crippen molar-refractivity contribution in [1.82, 2.24) is 10.2 Å². The first-order valence-electron chi connectivity index (χ1n) is 10.2. The molecule has 2 aromatic rings. The van der Waals surface area contributed by atoms with Gasteiger partial charge in [-0.25, -0.2) is 4.79 Å². The number of carbonyl (C=O) groups excluding carboxylic acids is 4. The van der Waals surface area contributed by atoms with Crippen molar-refractivity contribution in [3.8, 4) is 0 Å².